The first-order valence-corrected chi connectivity index (χ1v) is 4.30. The summed E-state index contributed by atoms with van der Waals surface area (Å²) in [5.74, 6) is 0. The fourth-order valence-corrected chi connectivity index (χ4v) is 0.421. The van der Waals surface area contributed by atoms with Crippen LogP contribution in [0.4, 0.5) is 0 Å². The Kier molecular flexibility index (Phi) is 18.6. The highest BCUT2D eigenvalue weighted by Gasteiger charge is 1.83. The molecule has 0 spiro atoms. The van der Waals surface area contributed by atoms with Gasteiger partial charge in [-0.15, -0.1) is 0 Å². The molecule has 0 aliphatic heterocycles. The molecule has 0 aromatic heterocycles. The van der Waals surface area contributed by atoms with Gasteiger partial charge in [-0.05, 0) is 19.4 Å². The molecule has 0 heteroatoms. The molecule has 0 aromatic carbocycles. The third kappa shape index (κ3) is 13.9. The van der Waals surface area contributed by atoms with Crippen molar-refractivity contribution in [1.29, 1.82) is 0 Å². The van der Waals surface area contributed by atoms with Crippen molar-refractivity contribution in [3.05, 3.63) is 48.6 Å². The van der Waals surface area contributed by atoms with Crippen molar-refractivity contribution < 1.29 is 0 Å². The molecule has 0 atom stereocenters. The van der Waals surface area contributed by atoms with Crippen LogP contribution in [0, 0.1) is 0 Å². The van der Waals surface area contributed by atoms with Crippen molar-refractivity contribution in [1.82, 2.24) is 0 Å². The largest absolute Gasteiger partial charge is 0.0991 e. The third-order valence-electron chi connectivity index (χ3n) is 1.27. The molecular formula is C13H24. The molecule has 0 radical (unpaired) electrons. The Morgan fingerprint density at radius 2 is 1.54 bits per heavy atom. The van der Waals surface area contributed by atoms with E-state index in [1.165, 1.54) is 5.57 Å². The summed E-state index contributed by atoms with van der Waals surface area (Å²) < 4.78 is 0. The topological polar surface area (TPSA) is 0 Å². The van der Waals surface area contributed by atoms with Gasteiger partial charge in [0.1, 0.15) is 0 Å². The van der Waals surface area contributed by atoms with Crippen LogP contribution in [0.2, 0.25) is 0 Å². The van der Waals surface area contributed by atoms with E-state index < -0.39 is 0 Å². The second-order valence-corrected chi connectivity index (χ2v) is 2.25. The molecule has 0 bridgehead atoms. The molecule has 76 valence electrons. The summed E-state index contributed by atoms with van der Waals surface area (Å²) in [6, 6.07) is 0. The Bertz CT molecular complexity index is 180. The molecule has 0 saturated heterocycles. The fraction of sp³-hybridized carbons (Fsp3) is 0.385. The van der Waals surface area contributed by atoms with E-state index in [1.54, 1.807) is 6.08 Å². The highest BCUT2D eigenvalue weighted by atomic mass is 13.9. The molecule has 13 heavy (non-hydrogen) atoms. The Labute approximate surface area is 84.4 Å². The van der Waals surface area contributed by atoms with E-state index in [2.05, 4.69) is 13.2 Å². The molecule has 0 nitrogen and oxygen atoms in total. The standard InChI is InChI=1S/C10H14.C2H6.CH4/c1-5-6-7-8-10(4)9(2)3;1-2;/h5-8H,1-2H2,3-4H3;1-2H3;1H4/b7-6-,10-8+;;. The average molecular weight is 180 g/mol. The minimum atomic E-state index is 0. The van der Waals surface area contributed by atoms with E-state index in [4.69, 9.17) is 0 Å². The van der Waals surface area contributed by atoms with Crippen molar-refractivity contribution >= 4 is 0 Å². The van der Waals surface area contributed by atoms with E-state index in [1.807, 2.05) is 45.9 Å². The predicted octanol–water partition coefficient (Wildman–Crippen LogP) is 4.91. The Balaban J connectivity index is -0.000000309. The van der Waals surface area contributed by atoms with Crippen LogP contribution in [0.1, 0.15) is 35.1 Å². The van der Waals surface area contributed by atoms with Gasteiger partial charge in [0, 0.05) is 0 Å². The van der Waals surface area contributed by atoms with Crippen LogP contribution in [0.25, 0.3) is 0 Å². The van der Waals surface area contributed by atoms with Gasteiger partial charge in [0.05, 0.1) is 0 Å². The van der Waals surface area contributed by atoms with E-state index >= 15 is 0 Å². The summed E-state index contributed by atoms with van der Waals surface area (Å²) in [6.45, 7) is 15.4. The van der Waals surface area contributed by atoms with Gasteiger partial charge >= 0.3 is 0 Å². The molecular weight excluding hydrogens is 156 g/mol. The van der Waals surface area contributed by atoms with Crippen molar-refractivity contribution in [3.8, 4) is 0 Å². The smallest absolute Gasteiger partial charge is 0.0395 e. The lowest BCUT2D eigenvalue weighted by molar-refractivity contribution is 1.36. The van der Waals surface area contributed by atoms with E-state index in [9.17, 15) is 0 Å². The van der Waals surface area contributed by atoms with Crippen LogP contribution in [0.3, 0.4) is 0 Å². The molecule has 0 heterocycles. The molecule has 0 aromatic rings. The van der Waals surface area contributed by atoms with E-state index in [0.29, 0.717) is 0 Å². The summed E-state index contributed by atoms with van der Waals surface area (Å²) in [6.07, 6.45) is 7.62. The lowest BCUT2D eigenvalue weighted by Gasteiger charge is -1.93. The van der Waals surface area contributed by atoms with Gasteiger partial charge < -0.3 is 0 Å². The van der Waals surface area contributed by atoms with Gasteiger partial charge in [-0.1, -0.05) is 64.3 Å². The zero-order chi connectivity index (χ0) is 9.98. The minimum absolute atomic E-state index is 0. The molecule has 0 aliphatic carbocycles. The lowest BCUT2D eigenvalue weighted by Crippen LogP contribution is -1.72. The highest BCUT2D eigenvalue weighted by molar-refractivity contribution is 5.28. The van der Waals surface area contributed by atoms with Crippen molar-refractivity contribution in [2.45, 2.75) is 35.1 Å². The summed E-state index contributed by atoms with van der Waals surface area (Å²) in [4.78, 5) is 0. The SMILES string of the molecule is C.C=C/C=C\C=C(/C)C(=C)C.CC. The first-order chi connectivity index (χ1) is 5.68. The highest BCUT2D eigenvalue weighted by Crippen LogP contribution is 2.03. The summed E-state index contributed by atoms with van der Waals surface area (Å²) in [7, 11) is 0. The molecule has 0 amide bonds. The monoisotopic (exact) mass is 180 g/mol. The normalized spacial score (nSPS) is 9.69. The third-order valence-corrected chi connectivity index (χ3v) is 1.27. The van der Waals surface area contributed by atoms with Crippen LogP contribution in [-0.2, 0) is 0 Å². The first kappa shape index (κ1) is 17.9. The summed E-state index contributed by atoms with van der Waals surface area (Å²) in [5, 5.41) is 0. The second kappa shape index (κ2) is 13.5. The summed E-state index contributed by atoms with van der Waals surface area (Å²) in [5.41, 5.74) is 2.31. The van der Waals surface area contributed by atoms with Gasteiger partial charge in [0.2, 0.25) is 0 Å². The van der Waals surface area contributed by atoms with Crippen LogP contribution in [-0.4, -0.2) is 0 Å². The van der Waals surface area contributed by atoms with Crippen molar-refractivity contribution in [2.75, 3.05) is 0 Å². The van der Waals surface area contributed by atoms with E-state index in [0.717, 1.165) is 5.57 Å². The zero-order valence-corrected chi connectivity index (χ0v) is 8.72. The Hall–Kier alpha value is -1.04. The van der Waals surface area contributed by atoms with Gasteiger partial charge in [0.25, 0.3) is 0 Å². The predicted molar refractivity (Wildman–Crippen MR) is 66.0 cm³/mol. The lowest BCUT2D eigenvalue weighted by atomic mass is 10.1. The summed E-state index contributed by atoms with van der Waals surface area (Å²) >= 11 is 0. The van der Waals surface area contributed by atoms with Crippen LogP contribution < -0.4 is 0 Å². The molecule has 0 N–H and O–H groups in total. The first-order valence-electron chi connectivity index (χ1n) is 4.30. The maximum atomic E-state index is 3.81. The maximum absolute atomic E-state index is 3.81. The molecule has 0 unspecified atom stereocenters. The average Bonchev–Trinajstić information content (AvgIpc) is 2.08. The molecule has 0 aliphatic rings. The number of hydrogen-bond donors (Lipinski definition) is 0. The Morgan fingerprint density at radius 3 is 1.85 bits per heavy atom. The quantitative estimate of drug-likeness (QED) is 0.541. The van der Waals surface area contributed by atoms with Gasteiger partial charge in [-0.25, -0.2) is 0 Å². The number of allylic oxidation sites excluding steroid dienone is 6. The fourth-order valence-electron chi connectivity index (χ4n) is 0.421. The number of hydrogen-bond acceptors (Lipinski definition) is 0. The van der Waals surface area contributed by atoms with Gasteiger partial charge in [0.15, 0.2) is 0 Å². The van der Waals surface area contributed by atoms with Crippen molar-refractivity contribution in [2.24, 2.45) is 0 Å². The molecule has 0 fully saturated rings. The van der Waals surface area contributed by atoms with Gasteiger partial charge in [-0.3, -0.25) is 0 Å². The minimum Gasteiger partial charge on any atom is -0.0991 e. The van der Waals surface area contributed by atoms with Crippen LogP contribution >= 0.6 is 0 Å². The van der Waals surface area contributed by atoms with Crippen molar-refractivity contribution in [3.63, 3.8) is 0 Å². The molecule has 0 saturated carbocycles. The van der Waals surface area contributed by atoms with Crippen LogP contribution in [0.15, 0.2) is 48.6 Å². The van der Waals surface area contributed by atoms with E-state index in [-0.39, 0.29) is 7.43 Å². The second-order valence-electron chi connectivity index (χ2n) is 2.25. The van der Waals surface area contributed by atoms with Gasteiger partial charge in [-0.2, -0.15) is 0 Å². The molecule has 0 rings (SSSR count). The Morgan fingerprint density at radius 1 is 1.08 bits per heavy atom. The maximum Gasteiger partial charge on any atom is -0.0395 e. The number of rotatable bonds is 3. The zero-order valence-electron chi connectivity index (χ0n) is 8.72. The van der Waals surface area contributed by atoms with Crippen LogP contribution in [0.5, 0.6) is 0 Å².